The summed E-state index contributed by atoms with van der Waals surface area (Å²) in [5.74, 6) is 0.891. The van der Waals surface area contributed by atoms with Crippen molar-refractivity contribution in [3.05, 3.63) is 71.5 Å². The van der Waals surface area contributed by atoms with Gasteiger partial charge in [-0.15, -0.1) is 13.2 Å². The van der Waals surface area contributed by atoms with Crippen LogP contribution in [0.25, 0.3) is 6.08 Å². The van der Waals surface area contributed by atoms with Crippen molar-refractivity contribution < 1.29 is 0 Å². The Bertz CT molecular complexity index is 747. The highest BCUT2D eigenvalue weighted by molar-refractivity contribution is 5.70. The fourth-order valence-corrected chi connectivity index (χ4v) is 2.73. The molecule has 1 aromatic rings. The highest BCUT2D eigenvalue weighted by Crippen LogP contribution is 2.31. The Labute approximate surface area is 151 Å². The molecule has 0 bridgehead atoms. The van der Waals surface area contributed by atoms with Crippen LogP contribution in [-0.2, 0) is 0 Å². The summed E-state index contributed by atoms with van der Waals surface area (Å²) in [4.78, 5) is 11.1. The maximum atomic E-state index is 4.48. The Morgan fingerprint density at radius 1 is 1.20 bits per heavy atom. The van der Waals surface area contributed by atoms with Crippen LogP contribution in [0.3, 0.4) is 0 Å². The second-order valence-corrected chi connectivity index (χ2v) is 6.39. The quantitative estimate of drug-likeness (QED) is 0.801. The predicted octanol–water partition coefficient (Wildman–Crippen LogP) is 4.86. The molecule has 0 saturated carbocycles. The lowest BCUT2D eigenvalue weighted by atomic mass is 9.94. The molecular weight excluding hydrogens is 308 g/mol. The molecule has 2 aliphatic rings. The van der Waals surface area contributed by atoms with E-state index < -0.39 is 0 Å². The third-order valence-corrected chi connectivity index (χ3v) is 4.38. The number of aryl methyl sites for hydroxylation is 1. The lowest BCUT2D eigenvalue weighted by Crippen LogP contribution is -2.20. The molecule has 0 saturated heterocycles. The summed E-state index contributed by atoms with van der Waals surface area (Å²) in [6, 6.07) is 0. The number of allylic oxidation sites excluding steroid dienone is 4. The Balaban J connectivity index is 0.000000399. The van der Waals surface area contributed by atoms with Crippen molar-refractivity contribution in [1.29, 1.82) is 0 Å². The molecule has 0 aliphatic carbocycles. The molecule has 3 rings (SSSR count). The van der Waals surface area contributed by atoms with Gasteiger partial charge in [-0.2, -0.15) is 0 Å². The van der Waals surface area contributed by atoms with E-state index in [0.717, 1.165) is 36.6 Å². The molecule has 0 unspecified atom stereocenters. The Kier molecular flexibility index (Phi) is 6.34. The van der Waals surface area contributed by atoms with Gasteiger partial charge in [0.15, 0.2) is 5.82 Å². The summed E-state index contributed by atoms with van der Waals surface area (Å²) >= 11 is 0. The van der Waals surface area contributed by atoms with Crippen molar-refractivity contribution in [3.8, 4) is 0 Å². The summed E-state index contributed by atoms with van der Waals surface area (Å²) in [7, 11) is 2.10. The molecule has 2 aliphatic heterocycles. The van der Waals surface area contributed by atoms with E-state index in [1.165, 1.54) is 22.4 Å². The van der Waals surface area contributed by atoms with Crippen LogP contribution in [0.4, 0.5) is 5.82 Å². The van der Waals surface area contributed by atoms with Crippen molar-refractivity contribution in [3.63, 3.8) is 0 Å². The average molecular weight is 336 g/mol. The molecule has 0 aromatic carbocycles. The van der Waals surface area contributed by atoms with Gasteiger partial charge in [-0.25, -0.2) is 4.98 Å². The van der Waals surface area contributed by atoms with Crippen molar-refractivity contribution in [1.82, 2.24) is 14.9 Å². The van der Waals surface area contributed by atoms with E-state index in [0.29, 0.717) is 0 Å². The molecule has 4 heteroatoms. The third kappa shape index (κ3) is 4.69. The van der Waals surface area contributed by atoms with Crippen LogP contribution in [0, 0.1) is 6.92 Å². The van der Waals surface area contributed by atoms with Crippen LogP contribution in [0.1, 0.15) is 38.1 Å². The minimum absolute atomic E-state index is 0.817. The van der Waals surface area contributed by atoms with Crippen LogP contribution in [0.15, 0.2) is 60.1 Å². The second kappa shape index (κ2) is 8.47. The zero-order valence-corrected chi connectivity index (χ0v) is 15.8. The number of nitrogens with zero attached hydrogens (tertiary/aromatic N) is 3. The monoisotopic (exact) mass is 336 g/mol. The van der Waals surface area contributed by atoms with E-state index in [-0.39, 0.29) is 0 Å². The smallest absolute Gasteiger partial charge is 0.152 e. The summed E-state index contributed by atoms with van der Waals surface area (Å²) in [6.45, 7) is 14.1. The van der Waals surface area contributed by atoms with Gasteiger partial charge in [-0.1, -0.05) is 12.2 Å². The van der Waals surface area contributed by atoms with E-state index in [2.05, 4.69) is 66.5 Å². The van der Waals surface area contributed by atoms with Gasteiger partial charge in [0.1, 0.15) is 5.69 Å². The van der Waals surface area contributed by atoms with Crippen molar-refractivity contribution in [2.45, 2.75) is 33.6 Å². The Hall–Kier alpha value is -2.62. The van der Waals surface area contributed by atoms with Crippen LogP contribution in [0.5, 0.6) is 0 Å². The van der Waals surface area contributed by atoms with Gasteiger partial charge in [-0.3, -0.25) is 4.98 Å². The van der Waals surface area contributed by atoms with Gasteiger partial charge in [-0.05, 0) is 56.4 Å². The van der Waals surface area contributed by atoms with E-state index in [1.807, 2.05) is 25.3 Å². The maximum absolute atomic E-state index is 4.48. The molecule has 4 nitrogen and oxygen atoms in total. The number of rotatable bonds is 3. The van der Waals surface area contributed by atoms with Crippen LogP contribution in [0.2, 0.25) is 0 Å². The molecule has 0 spiro atoms. The highest BCUT2D eigenvalue weighted by atomic mass is 15.1. The molecule has 0 fully saturated rings. The predicted molar refractivity (Wildman–Crippen MR) is 107 cm³/mol. The van der Waals surface area contributed by atoms with Gasteiger partial charge in [0.25, 0.3) is 0 Å². The largest absolute Gasteiger partial charge is 0.364 e. The molecule has 132 valence electrons. The lowest BCUT2D eigenvalue weighted by molar-refractivity contribution is 0.539. The molecule has 0 radical (unpaired) electrons. The van der Waals surface area contributed by atoms with Crippen molar-refractivity contribution in [2.75, 3.05) is 18.9 Å². The number of hydrogen-bond acceptors (Lipinski definition) is 4. The summed E-state index contributed by atoms with van der Waals surface area (Å²) in [5.41, 5.74) is 7.30. The summed E-state index contributed by atoms with van der Waals surface area (Å²) in [6.07, 6.45) is 11.8. The number of anilines is 1. The zero-order valence-electron chi connectivity index (χ0n) is 15.8. The first-order valence-electron chi connectivity index (χ1n) is 8.56. The molecule has 0 atom stereocenters. The van der Waals surface area contributed by atoms with E-state index in [1.54, 1.807) is 0 Å². The maximum Gasteiger partial charge on any atom is 0.152 e. The van der Waals surface area contributed by atoms with Gasteiger partial charge in [0, 0.05) is 31.7 Å². The van der Waals surface area contributed by atoms with Gasteiger partial charge in [0.2, 0.25) is 0 Å². The van der Waals surface area contributed by atoms with Crippen molar-refractivity contribution in [2.24, 2.45) is 0 Å². The molecule has 25 heavy (non-hydrogen) atoms. The minimum Gasteiger partial charge on any atom is -0.364 e. The fraction of sp³-hybridized carbons (Fsp3) is 0.333. The molecule has 1 aromatic heterocycles. The second-order valence-electron chi connectivity index (χ2n) is 6.39. The standard InChI is InChI=1S/C16H20N4.C5H8/c1-10-5-14(9-20(4)12(10)3)13-6-15-16(18-8-13)19-11(2)7-17-15;1-3-5-4-2/h6-7,9H,5,8H2,1-4H3,(H,18,19);3-4H,1-2,5H2. The highest BCUT2D eigenvalue weighted by Gasteiger charge is 2.19. The number of fused-ring (bicyclic) bond motifs is 1. The third-order valence-electron chi connectivity index (χ3n) is 4.38. The first-order valence-corrected chi connectivity index (χ1v) is 8.56. The number of aromatic nitrogens is 2. The summed E-state index contributed by atoms with van der Waals surface area (Å²) < 4.78 is 0. The molecule has 1 N–H and O–H groups in total. The first-order chi connectivity index (χ1) is 12.0. The van der Waals surface area contributed by atoms with Crippen LogP contribution in [-0.4, -0.2) is 28.5 Å². The number of hydrogen-bond donors (Lipinski definition) is 1. The van der Waals surface area contributed by atoms with Crippen LogP contribution < -0.4 is 5.32 Å². The van der Waals surface area contributed by atoms with E-state index in [9.17, 15) is 0 Å². The van der Waals surface area contributed by atoms with E-state index in [4.69, 9.17) is 0 Å². The van der Waals surface area contributed by atoms with Gasteiger partial charge >= 0.3 is 0 Å². The Morgan fingerprint density at radius 2 is 1.92 bits per heavy atom. The fourth-order valence-electron chi connectivity index (χ4n) is 2.73. The topological polar surface area (TPSA) is 41.1 Å². The average Bonchev–Trinajstić information content (AvgIpc) is 2.60. The first kappa shape index (κ1) is 18.7. The Morgan fingerprint density at radius 3 is 2.52 bits per heavy atom. The van der Waals surface area contributed by atoms with Crippen molar-refractivity contribution >= 4 is 11.9 Å². The minimum atomic E-state index is 0.817. The zero-order chi connectivity index (χ0) is 18.4. The van der Waals surface area contributed by atoms with Gasteiger partial charge < -0.3 is 10.2 Å². The SMILES string of the molecule is C=CCC=C.CC1=C(C)N(C)C=C(C2=Cc3ncc(C)nc3NC2)C1. The van der Waals surface area contributed by atoms with Gasteiger partial charge in [0.05, 0.1) is 5.69 Å². The molecule has 0 amide bonds. The normalized spacial score (nSPS) is 15.9. The summed E-state index contributed by atoms with van der Waals surface area (Å²) in [5, 5.41) is 3.37. The lowest BCUT2D eigenvalue weighted by Gasteiger charge is -2.28. The molecule has 3 heterocycles. The van der Waals surface area contributed by atoms with E-state index >= 15 is 0 Å². The van der Waals surface area contributed by atoms with Crippen LogP contribution >= 0.6 is 0 Å². The number of nitrogens with one attached hydrogen (secondary N) is 1. The molecular formula is C21H28N4.